The molecule has 0 spiro atoms. The Morgan fingerprint density at radius 2 is 1.89 bits per heavy atom. The number of Topliss-reactive ketones (excluding diaryl/α,β-unsaturated/α-hetero) is 1. The van der Waals surface area contributed by atoms with Crippen molar-refractivity contribution in [1.82, 2.24) is 0 Å². The van der Waals surface area contributed by atoms with Crippen LogP contribution in [0.1, 0.15) is 33.1 Å². The Kier molecular flexibility index (Phi) is 9.52. The predicted octanol–water partition coefficient (Wildman–Crippen LogP) is 3.85. The van der Waals surface area contributed by atoms with Gasteiger partial charge in [0.1, 0.15) is 10.6 Å². The molecule has 0 heterocycles. The van der Waals surface area contributed by atoms with Crippen LogP contribution >= 0.6 is 34.8 Å². The summed E-state index contributed by atoms with van der Waals surface area (Å²) >= 11 is 16.9. The van der Waals surface area contributed by atoms with Crippen LogP contribution in [-0.2, 0) is 14.3 Å². The Bertz CT molecular complexity index is 314. The zero-order chi connectivity index (χ0) is 14.1. The molecule has 0 fully saturated rings. The number of ether oxygens (including phenoxy) is 1. The summed E-state index contributed by atoms with van der Waals surface area (Å²) in [5.74, 6) is -0.425. The SMILES string of the molecule is CC(=O)OCCC(C)C(=O)CC/C(=C/Cl)C(Cl)Cl. The molecule has 0 rings (SSSR count). The summed E-state index contributed by atoms with van der Waals surface area (Å²) in [6.07, 6.45) is 1.29. The number of esters is 1. The lowest BCUT2D eigenvalue weighted by Gasteiger charge is -2.11. The van der Waals surface area contributed by atoms with Gasteiger partial charge in [0.2, 0.25) is 0 Å². The minimum Gasteiger partial charge on any atom is -0.466 e. The standard InChI is InChI=1S/C12H17Cl3O3/c1-8(5-6-18-9(2)16)11(17)4-3-10(7-13)12(14)15/h7-8,12H,3-6H2,1-2H3/b10-7-. The van der Waals surface area contributed by atoms with Crippen LogP contribution in [0.4, 0.5) is 0 Å². The van der Waals surface area contributed by atoms with Gasteiger partial charge in [0, 0.05) is 24.8 Å². The number of alkyl halides is 2. The normalized spacial score (nSPS) is 13.6. The summed E-state index contributed by atoms with van der Waals surface area (Å²) in [4.78, 5) is 21.6. The van der Waals surface area contributed by atoms with Crippen LogP contribution in [0.15, 0.2) is 11.1 Å². The van der Waals surface area contributed by atoms with Crippen LogP contribution in [0.25, 0.3) is 0 Å². The molecule has 18 heavy (non-hydrogen) atoms. The molecule has 0 aromatic rings. The predicted molar refractivity (Wildman–Crippen MR) is 74.1 cm³/mol. The molecule has 0 saturated carbocycles. The van der Waals surface area contributed by atoms with E-state index in [1.165, 1.54) is 12.5 Å². The fourth-order valence-corrected chi connectivity index (χ4v) is 1.97. The van der Waals surface area contributed by atoms with Crippen molar-refractivity contribution in [3.63, 3.8) is 0 Å². The number of halogens is 3. The summed E-state index contributed by atoms with van der Waals surface area (Å²) in [5, 5.41) is 0. The van der Waals surface area contributed by atoms with Crippen LogP contribution < -0.4 is 0 Å². The van der Waals surface area contributed by atoms with Gasteiger partial charge in [-0.3, -0.25) is 9.59 Å². The average molecular weight is 316 g/mol. The molecular weight excluding hydrogens is 298 g/mol. The van der Waals surface area contributed by atoms with E-state index >= 15 is 0 Å². The van der Waals surface area contributed by atoms with Gasteiger partial charge in [0.05, 0.1) is 6.61 Å². The van der Waals surface area contributed by atoms with E-state index in [9.17, 15) is 9.59 Å². The van der Waals surface area contributed by atoms with Gasteiger partial charge in [-0.2, -0.15) is 0 Å². The molecule has 0 amide bonds. The maximum atomic E-state index is 11.8. The summed E-state index contributed by atoms with van der Waals surface area (Å²) in [6.45, 7) is 3.40. The van der Waals surface area contributed by atoms with Crippen molar-refractivity contribution in [2.45, 2.75) is 37.9 Å². The highest BCUT2D eigenvalue weighted by Crippen LogP contribution is 2.21. The third-order valence-electron chi connectivity index (χ3n) is 2.49. The Balaban J connectivity index is 3.98. The van der Waals surface area contributed by atoms with Crippen molar-refractivity contribution in [1.29, 1.82) is 0 Å². The number of hydrogen-bond acceptors (Lipinski definition) is 3. The first-order valence-corrected chi connectivity index (χ1v) is 6.92. The summed E-state index contributed by atoms with van der Waals surface area (Å²) < 4.78 is 4.78. The molecule has 0 bridgehead atoms. The van der Waals surface area contributed by atoms with Crippen molar-refractivity contribution < 1.29 is 14.3 Å². The van der Waals surface area contributed by atoms with Gasteiger partial charge in [0.25, 0.3) is 0 Å². The number of allylic oxidation sites excluding steroid dienone is 1. The van der Waals surface area contributed by atoms with Crippen LogP contribution in [0.2, 0.25) is 0 Å². The van der Waals surface area contributed by atoms with Crippen LogP contribution in [0, 0.1) is 5.92 Å². The molecule has 0 aromatic heterocycles. The summed E-state index contributed by atoms with van der Waals surface area (Å²) in [7, 11) is 0. The van der Waals surface area contributed by atoms with Crippen LogP contribution in [0.5, 0.6) is 0 Å². The van der Waals surface area contributed by atoms with Crippen molar-refractivity contribution in [3.8, 4) is 0 Å². The van der Waals surface area contributed by atoms with E-state index in [0.29, 0.717) is 24.8 Å². The summed E-state index contributed by atoms with van der Waals surface area (Å²) in [6, 6.07) is 0. The number of hydrogen-bond donors (Lipinski definition) is 0. The van der Waals surface area contributed by atoms with Gasteiger partial charge in [0.15, 0.2) is 0 Å². The van der Waals surface area contributed by atoms with E-state index in [0.717, 1.165) is 0 Å². The first-order chi connectivity index (χ1) is 8.38. The highest BCUT2D eigenvalue weighted by molar-refractivity contribution is 6.46. The number of rotatable bonds is 8. The number of carbonyl (C=O) groups is 2. The number of carbonyl (C=O) groups excluding carboxylic acids is 2. The smallest absolute Gasteiger partial charge is 0.302 e. The van der Waals surface area contributed by atoms with Crippen LogP contribution in [-0.4, -0.2) is 23.2 Å². The molecule has 0 aliphatic carbocycles. The zero-order valence-electron chi connectivity index (χ0n) is 10.4. The first-order valence-electron chi connectivity index (χ1n) is 5.61. The lowest BCUT2D eigenvalue weighted by Crippen LogP contribution is -2.15. The molecule has 0 saturated heterocycles. The zero-order valence-corrected chi connectivity index (χ0v) is 12.7. The van der Waals surface area contributed by atoms with Gasteiger partial charge in [-0.1, -0.05) is 18.5 Å². The molecule has 6 heteroatoms. The van der Waals surface area contributed by atoms with E-state index in [1.807, 2.05) is 0 Å². The van der Waals surface area contributed by atoms with Crippen molar-refractivity contribution >= 4 is 46.6 Å². The molecule has 0 aliphatic heterocycles. The second-order valence-electron chi connectivity index (χ2n) is 3.98. The molecule has 0 aromatic carbocycles. The fraction of sp³-hybridized carbons (Fsp3) is 0.667. The van der Waals surface area contributed by atoms with E-state index in [2.05, 4.69) is 0 Å². The highest BCUT2D eigenvalue weighted by Gasteiger charge is 2.15. The third-order valence-corrected chi connectivity index (χ3v) is 3.33. The number of ketones is 1. The fourth-order valence-electron chi connectivity index (χ4n) is 1.27. The minimum absolute atomic E-state index is 0.0761. The second kappa shape index (κ2) is 9.65. The molecule has 0 radical (unpaired) electrons. The molecule has 104 valence electrons. The van der Waals surface area contributed by atoms with E-state index in [1.54, 1.807) is 6.92 Å². The lowest BCUT2D eigenvalue weighted by atomic mass is 9.98. The van der Waals surface area contributed by atoms with Gasteiger partial charge in [-0.25, -0.2) is 0 Å². The van der Waals surface area contributed by atoms with Crippen molar-refractivity contribution in [2.24, 2.45) is 5.92 Å². The lowest BCUT2D eigenvalue weighted by molar-refractivity contribution is -0.142. The van der Waals surface area contributed by atoms with Gasteiger partial charge >= 0.3 is 5.97 Å². The largest absolute Gasteiger partial charge is 0.466 e. The molecule has 1 unspecified atom stereocenters. The highest BCUT2D eigenvalue weighted by atomic mass is 35.5. The van der Waals surface area contributed by atoms with Gasteiger partial charge in [-0.05, 0) is 18.4 Å². The molecule has 1 atom stereocenters. The van der Waals surface area contributed by atoms with Gasteiger partial charge in [-0.15, -0.1) is 23.2 Å². The molecule has 0 aliphatic rings. The summed E-state index contributed by atoms with van der Waals surface area (Å²) in [5.41, 5.74) is 1.93. The average Bonchev–Trinajstić information content (AvgIpc) is 2.28. The van der Waals surface area contributed by atoms with Gasteiger partial charge < -0.3 is 4.74 Å². The molecule has 0 N–H and O–H groups in total. The Labute approximate surface area is 122 Å². The minimum atomic E-state index is -0.688. The van der Waals surface area contributed by atoms with Crippen LogP contribution in [0.3, 0.4) is 0 Å². The van der Waals surface area contributed by atoms with E-state index < -0.39 is 4.84 Å². The van der Waals surface area contributed by atoms with Crippen molar-refractivity contribution in [2.75, 3.05) is 6.61 Å². The molecule has 3 nitrogen and oxygen atoms in total. The Morgan fingerprint density at radius 1 is 1.28 bits per heavy atom. The Hall–Kier alpha value is -0.250. The first kappa shape index (κ1) is 17.8. The monoisotopic (exact) mass is 314 g/mol. The maximum Gasteiger partial charge on any atom is 0.302 e. The van der Waals surface area contributed by atoms with Crippen molar-refractivity contribution in [3.05, 3.63) is 11.1 Å². The second-order valence-corrected chi connectivity index (χ2v) is 5.30. The van der Waals surface area contributed by atoms with E-state index in [-0.39, 0.29) is 24.3 Å². The Morgan fingerprint density at radius 3 is 2.33 bits per heavy atom. The topological polar surface area (TPSA) is 43.4 Å². The maximum absolute atomic E-state index is 11.8. The third kappa shape index (κ3) is 7.96. The quantitative estimate of drug-likeness (QED) is 0.505. The van der Waals surface area contributed by atoms with E-state index in [4.69, 9.17) is 39.5 Å². The molecular formula is C12H17Cl3O3.